The van der Waals surface area contributed by atoms with Gasteiger partial charge >= 0.3 is 12.1 Å². The highest BCUT2D eigenvalue weighted by Gasteiger charge is 2.42. The fraction of sp³-hybridized carbons (Fsp3) is 0.727. The molecule has 0 aliphatic heterocycles. The number of aliphatic hydroxyl groups excluding tert-OH is 1. The van der Waals surface area contributed by atoms with Crippen LogP contribution in [0.15, 0.2) is 12.2 Å². The zero-order chi connectivity index (χ0) is 13.5. The molecule has 0 fully saturated rings. The zero-order valence-electron chi connectivity index (χ0n) is 9.83. The summed E-state index contributed by atoms with van der Waals surface area (Å²) in [4.78, 5) is 11.0. The van der Waals surface area contributed by atoms with Gasteiger partial charge in [-0.3, -0.25) is 0 Å². The van der Waals surface area contributed by atoms with Crippen molar-refractivity contribution >= 4 is 5.97 Å². The molecule has 0 saturated carbocycles. The summed E-state index contributed by atoms with van der Waals surface area (Å²) >= 11 is 0. The Labute approximate surface area is 98.3 Å². The van der Waals surface area contributed by atoms with Crippen LogP contribution in [-0.4, -0.2) is 30.0 Å². The van der Waals surface area contributed by atoms with Crippen LogP contribution < -0.4 is 0 Å². The van der Waals surface area contributed by atoms with Crippen LogP contribution in [0, 0.1) is 5.92 Å². The number of hydrogen-bond donors (Lipinski definition) is 1. The van der Waals surface area contributed by atoms with E-state index in [2.05, 4.69) is 4.74 Å². The Balaban J connectivity index is 4.58. The van der Waals surface area contributed by atoms with Gasteiger partial charge in [0, 0.05) is 12.0 Å². The van der Waals surface area contributed by atoms with E-state index in [-0.39, 0.29) is 13.0 Å². The molecule has 17 heavy (non-hydrogen) atoms. The number of ether oxygens (including phenoxy) is 1. The fourth-order valence-electron chi connectivity index (χ4n) is 1.33. The molecular weight excluding hydrogens is 237 g/mol. The van der Waals surface area contributed by atoms with E-state index in [1.807, 2.05) is 0 Å². The maximum Gasteiger partial charge on any atom is 0.414 e. The van der Waals surface area contributed by atoms with E-state index >= 15 is 0 Å². The van der Waals surface area contributed by atoms with Crippen molar-refractivity contribution in [2.75, 3.05) is 6.61 Å². The summed E-state index contributed by atoms with van der Waals surface area (Å²) < 4.78 is 41.4. The van der Waals surface area contributed by atoms with E-state index in [4.69, 9.17) is 5.11 Å². The topological polar surface area (TPSA) is 46.5 Å². The number of carbonyl (C=O) groups excluding carboxylic acids is 1. The molecule has 0 amide bonds. The Morgan fingerprint density at radius 2 is 2.00 bits per heavy atom. The molecule has 3 nitrogen and oxygen atoms in total. The first-order valence-corrected chi connectivity index (χ1v) is 5.42. The average Bonchev–Trinajstić information content (AvgIpc) is 2.22. The van der Waals surface area contributed by atoms with Crippen molar-refractivity contribution < 1.29 is 27.8 Å². The summed E-state index contributed by atoms with van der Waals surface area (Å²) in [5.74, 6) is -1.83. The van der Waals surface area contributed by atoms with Crippen LogP contribution in [0.2, 0.25) is 0 Å². The van der Waals surface area contributed by atoms with Gasteiger partial charge in [0.15, 0.2) is 6.10 Å². The largest absolute Gasteiger partial charge is 0.463 e. The molecule has 0 bridgehead atoms. The third kappa shape index (κ3) is 6.31. The normalized spacial score (nSPS) is 15.9. The van der Waals surface area contributed by atoms with Crippen molar-refractivity contribution in [1.29, 1.82) is 0 Å². The highest BCUT2D eigenvalue weighted by atomic mass is 19.4. The Morgan fingerprint density at radius 1 is 1.41 bits per heavy atom. The second-order valence-electron chi connectivity index (χ2n) is 3.55. The number of aliphatic hydroxyl groups is 1. The Bertz CT molecular complexity index is 261. The second kappa shape index (κ2) is 7.32. The van der Waals surface area contributed by atoms with E-state index in [1.54, 1.807) is 13.8 Å². The minimum absolute atomic E-state index is 0.149. The van der Waals surface area contributed by atoms with Crippen LogP contribution in [0.25, 0.3) is 0 Å². The molecule has 1 N–H and O–H groups in total. The van der Waals surface area contributed by atoms with Crippen LogP contribution >= 0.6 is 0 Å². The molecule has 100 valence electrons. The van der Waals surface area contributed by atoms with Crippen LogP contribution in [-0.2, 0) is 9.53 Å². The van der Waals surface area contributed by atoms with Crippen LogP contribution in [0.5, 0.6) is 0 Å². The first-order chi connectivity index (χ1) is 7.82. The monoisotopic (exact) mass is 254 g/mol. The summed E-state index contributed by atoms with van der Waals surface area (Å²) in [6, 6.07) is 0. The van der Waals surface area contributed by atoms with E-state index in [1.165, 1.54) is 0 Å². The standard InChI is InChI=1S/C11H17F3O3/c1-3-5-8(10(16)11(12,13)14)6-7-9(15)17-4-2/h6-8,10,16H,3-5H2,1-2H3/b7-6+/t8-,10-/m1/s1. The minimum atomic E-state index is -4.68. The second-order valence-corrected chi connectivity index (χ2v) is 3.55. The van der Waals surface area contributed by atoms with Gasteiger partial charge in [-0.1, -0.05) is 19.4 Å². The molecular formula is C11H17F3O3. The summed E-state index contributed by atoms with van der Waals surface area (Å²) in [5, 5.41) is 9.09. The Morgan fingerprint density at radius 3 is 2.41 bits per heavy atom. The van der Waals surface area contributed by atoms with Gasteiger partial charge in [0.25, 0.3) is 0 Å². The number of alkyl halides is 3. The van der Waals surface area contributed by atoms with Gasteiger partial charge in [-0.2, -0.15) is 13.2 Å². The minimum Gasteiger partial charge on any atom is -0.463 e. The summed E-state index contributed by atoms with van der Waals surface area (Å²) in [7, 11) is 0. The number of esters is 1. The Kier molecular flexibility index (Phi) is 6.87. The maximum atomic E-state index is 12.3. The van der Waals surface area contributed by atoms with Crippen molar-refractivity contribution in [2.45, 2.75) is 39.0 Å². The van der Waals surface area contributed by atoms with Gasteiger partial charge in [0.1, 0.15) is 0 Å². The van der Waals surface area contributed by atoms with Gasteiger partial charge in [0.2, 0.25) is 0 Å². The highest BCUT2D eigenvalue weighted by molar-refractivity contribution is 5.81. The molecule has 0 aliphatic carbocycles. The molecule has 0 heterocycles. The number of carbonyl (C=O) groups is 1. The van der Waals surface area contributed by atoms with E-state index in [0.717, 1.165) is 12.2 Å². The highest BCUT2D eigenvalue weighted by Crippen LogP contribution is 2.28. The molecule has 0 rings (SSSR count). The summed E-state index contributed by atoms with van der Waals surface area (Å²) in [5.41, 5.74) is 0. The van der Waals surface area contributed by atoms with Crippen LogP contribution in [0.1, 0.15) is 26.7 Å². The molecule has 0 aromatic carbocycles. The summed E-state index contributed by atoms with van der Waals surface area (Å²) in [6.45, 7) is 3.46. The zero-order valence-corrected chi connectivity index (χ0v) is 9.83. The first kappa shape index (κ1) is 16.0. The predicted octanol–water partition coefficient (Wildman–Crippen LogP) is 2.45. The molecule has 0 spiro atoms. The van der Waals surface area contributed by atoms with Gasteiger partial charge in [-0.15, -0.1) is 0 Å². The Hall–Kier alpha value is -1.04. The first-order valence-electron chi connectivity index (χ1n) is 5.42. The van der Waals surface area contributed by atoms with Gasteiger partial charge in [-0.05, 0) is 13.3 Å². The summed E-state index contributed by atoms with van der Waals surface area (Å²) in [6.07, 6.45) is -4.52. The average molecular weight is 254 g/mol. The molecule has 0 unspecified atom stereocenters. The third-order valence-electron chi connectivity index (χ3n) is 2.13. The van der Waals surface area contributed by atoms with E-state index in [9.17, 15) is 18.0 Å². The molecule has 0 saturated heterocycles. The number of halogens is 3. The lowest BCUT2D eigenvalue weighted by Crippen LogP contribution is -2.35. The van der Waals surface area contributed by atoms with Crippen molar-refractivity contribution in [1.82, 2.24) is 0 Å². The van der Waals surface area contributed by atoms with Gasteiger partial charge in [-0.25, -0.2) is 4.79 Å². The van der Waals surface area contributed by atoms with Crippen molar-refractivity contribution in [3.8, 4) is 0 Å². The molecule has 0 aromatic heterocycles. The van der Waals surface area contributed by atoms with Gasteiger partial charge in [0.05, 0.1) is 6.61 Å². The van der Waals surface area contributed by atoms with Gasteiger partial charge < -0.3 is 9.84 Å². The van der Waals surface area contributed by atoms with Crippen molar-refractivity contribution in [3.05, 3.63) is 12.2 Å². The SMILES string of the molecule is CCC[C@H](/C=C/C(=O)OCC)[C@@H](O)C(F)(F)F. The fourth-order valence-corrected chi connectivity index (χ4v) is 1.33. The van der Waals surface area contributed by atoms with Crippen molar-refractivity contribution in [3.63, 3.8) is 0 Å². The number of rotatable bonds is 6. The smallest absolute Gasteiger partial charge is 0.414 e. The van der Waals surface area contributed by atoms with E-state index in [0.29, 0.717) is 6.42 Å². The lowest BCUT2D eigenvalue weighted by molar-refractivity contribution is -0.215. The molecule has 0 aliphatic rings. The molecule has 0 radical (unpaired) electrons. The molecule has 6 heteroatoms. The van der Waals surface area contributed by atoms with Crippen LogP contribution in [0.4, 0.5) is 13.2 Å². The third-order valence-corrected chi connectivity index (χ3v) is 2.13. The number of hydrogen-bond acceptors (Lipinski definition) is 3. The lowest BCUT2D eigenvalue weighted by atomic mass is 9.96. The predicted molar refractivity (Wildman–Crippen MR) is 56.2 cm³/mol. The van der Waals surface area contributed by atoms with Crippen molar-refractivity contribution in [2.24, 2.45) is 5.92 Å². The van der Waals surface area contributed by atoms with E-state index < -0.39 is 24.2 Å². The maximum absolute atomic E-state index is 12.3. The van der Waals surface area contributed by atoms with Crippen LogP contribution in [0.3, 0.4) is 0 Å². The molecule has 2 atom stereocenters. The molecule has 0 aromatic rings. The quantitative estimate of drug-likeness (QED) is 0.585. The lowest BCUT2D eigenvalue weighted by Gasteiger charge is -2.21.